The minimum Gasteiger partial charge on any atom is -0.486 e. The Balaban J connectivity index is 1.45. The summed E-state index contributed by atoms with van der Waals surface area (Å²) in [6, 6.07) is 7.66. The number of guanidine groups is 1. The van der Waals surface area contributed by atoms with Gasteiger partial charge in [-0.05, 0) is 31.9 Å². The number of aliphatic imine (C=N–C) groups is 1. The molecule has 3 rings (SSSR count). The van der Waals surface area contributed by atoms with Crippen LogP contribution in [0, 0.1) is 0 Å². The van der Waals surface area contributed by atoms with E-state index in [2.05, 4.69) is 15.6 Å². The van der Waals surface area contributed by atoms with Gasteiger partial charge in [0.15, 0.2) is 23.6 Å². The third-order valence-electron chi connectivity index (χ3n) is 4.45. The van der Waals surface area contributed by atoms with Gasteiger partial charge >= 0.3 is 0 Å². The van der Waals surface area contributed by atoms with Crippen LogP contribution in [0.5, 0.6) is 11.5 Å². The average molecular weight is 360 g/mol. The molecule has 0 bridgehead atoms. The number of nitrogens with zero attached hydrogens (tertiary/aromatic N) is 2. The lowest BCUT2D eigenvalue weighted by Gasteiger charge is -2.25. The van der Waals surface area contributed by atoms with Crippen molar-refractivity contribution in [3.05, 3.63) is 24.3 Å². The Labute approximate surface area is 154 Å². The van der Waals surface area contributed by atoms with E-state index in [1.807, 2.05) is 36.1 Å². The zero-order valence-electron chi connectivity index (χ0n) is 15.4. The first kappa shape index (κ1) is 18.4. The second-order valence-electron chi connectivity index (χ2n) is 6.48. The van der Waals surface area contributed by atoms with Crippen molar-refractivity contribution < 1.29 is 14.3 Å². The van der Waals surface area contributed by atoms with Gasteiger partial charge in [0, 0.05) is 32.6 Å². The van der Waals surface area contributed by atoms with E-state index >= 15 is 0 Å². The molecule has 2 heterocycles. The summed E-state index contributed by atoms with van der Waals surface area (Å²) in [6.07, 6.45) is 2.61. The summed E-state index contributed by atoms with van der Waals surface area (Å²) < 4.78 is 11.6. The van der Waals surface area contributed by atoms with Crippen LogP contribution in [0.3, 0.4) is 0 Å². The predicted octanol–water partition coefficient (Wildman–Crippen LogP) is 1.39. The van der Waals surface area contributed by atoms with Crippen LogP contribution >= 0.6 is 0 Å². The maximum Gasteiger partial charge on any atom is 0.224 e. The second-order valence-corrected chi connectivity index (χ2v) is 6.48. The fourth-order valence-corrected chi connectivity index (χ4v) is 3.10. The number of ether oxygens (including phenoxy) is 2. The lowest BCUT2D eigenvalue weighted by Crippen LogP contribution is -2.41. The molecular weight excluding hydrogens is 332 g/mol. The van der Waals surface area contributed by atoms with E-state index in [-0.39, 0.29) is 12.0 Å². The van der Waals surface area contributed by atoms with Crippen molar-refractivity contribution in [1.29, 1.82) is 0 Å². The van der Waals surface area contributed by atoms with Crippen molar-refractivity contribution in [3.8, 4) is 11.5 Å². The fourth-order valence-electron chi connectivity index (χ4n) is 3.10. The zero-order valence-corrected chi connectivity index (χ0v) is 15.4. The Kier molecular flexibility index (Phi) is 6.57. The summed E-state index contributed by atoms with van der Waals surface area (Å²) in [5.41, 5.74) is 0. The van der Waals surface area contributed by atoms with Crippen molar-refractivity contribution in [2.75, 3.05) is 39.3 Å². The van der Waals surface area contributed by atoms with Crippen LogP contribution in [0.1, 0.15) is 26.2 Å². The van der Waals surface area contributed by atoms with Gasteiger partial charge in [-0.15, -0.1) is 0 Å². The predicted molar refractivity (Wildman–Crippen MR) is 101 cm³/mol. The largest absolute Gasteiger partial charge is 0.486 e. The molecule has 7 heteroatoms. The zero-order chi connectivity index (χ0) is 18.2. The van der Waals surface area contributed by atoms with E-state index < -0.39 is 0 Å². The van der Waals surface area contributed by atoms with Gasteiger partial charge in [0.1, 0.15) is 6.61 Å². The fraction of sp³-hybridized carbons (Fsp3) is 0.579. The SMILES string of the molecule is CCNC(=NCC1COc2ccccc2O1)NCCC(=O)N1CCCC1. The molecule has 26 heavy (non-hydrogen) atoms. The second kappa shape index (κ2) is 9.31. The third kappa shape index (κ3) is 5.03. The minimum atomic E-state index is -0.119. The van der Waals surface area contributed by atoms with E-state index in [4.69, 9.17) is 9.47 Å². The number of hydrogen-bond donors (Lipinski definition) is 2. The van der Waals surface area contributed by atoms with Gasteiger partial charge in [-0.25, -0.2) is 4.99 Å². The van der Waals surface area contributed by atoms with Crippen LogP contribution in [0.15, 0.2) is 29.3 Å². The highest BCUT2D eigenvalue weighted by Crippen LogP contribution is 2.30. The molecule has 142 valence electrons. The first-order valence-corrected chi connectivity index (χ1v) is 9.44. The molecule has 0 aromatic heterocycles. The van der Waals surface area contributed by atoms with Gasteiger partial charge in [-0.1, -0.05) is 12.1 Å². The van der Waals surface area contributed by atoms with E-state index in [1.54, 1.807) is 0 Å². The van der Waals surface area contributed by atoms with Crippen LogP contribution in [-0.2, 0) is 4.79 Å². The number of likely N-dealkylation sites (tertiary alicyclic amines) is 1. The molecule has 1 aromatic carbocycles. The van der Waals surface area contributed by atoms with E-state index in [0.29, 0.717) is 32.1 Å². The number of fused-ring (bicyclic) bond motifs is 1. The molecule has 1 unspecified atom stereocenters. The molecule has 1 saturated heterocycles. The monoisotopic (exact) mass is 360 g/mol. The van der Waals surface area contributed by atoms with Crippen molar-refractivity contribution in [3.63, 3.8) is 0 Å². The van der Waals surface area contributed by atoms with E-state index in [0.717, 1.165) is 44.0 Å². The molecule has 0 spiro atoms. The van der Waals surface area contributed by atoms with Crippen molar-refractivity contribution >= 4 is 11.9 Å². The Morgan fingerprint density at radius 3 is 2.77 bits per heavy atom. The van der Waals surface area contributed by atoms with Gasteiger partial charge in [0.25, 0.3) is 0 Å². The van der Waals surface area contributed by atoms with Crippen LogP contribution in [-0.4, -0.2) is 62.2 Å². The van der Waals surface area contributed by atoms with E-state index in [9.17, 15) is 4.79 Å². The molecule has 7 nitrogen and oxygen atoms in total. The highest BCUT2D eigenvalue weighted by molar-refractivity contribution is 5.81. The molecule has 1 atom stereocenters. The highest BCUT2D eigenvalue weighted by Gasteiger charge is 2.20. The molecule has 1 amide bonds. The van der Waals surface area contributed by atoms with Gasteiger partial charge in [0.05, 0.1) is 6.54 Å². The third-order valence-corrected chi connectivity index (χ3v) is 4.45. The Bertz CT molecular complexity index is 629. The number of amides is 1. The first-order chi connectivity index (χ1) is 12.8. The molecule has 2 aliphatic rings. The van der Waals surface area contributed by atoms with Crippen molar-refractivity contribution in [2.45, 2.75) is 32.3 Å². The summed E-state index contributed by atoms with van der Waals surface area (Å²) in [6.45, 7) is 6.11. The Morgan fingerprint density at radius 1 is 1.23 bits per heavy atom. The number of nitrogens with one attached hydrogen (secondary N) is 2. The van der Waals surface area contributed by atoms with Gasteiger partial charge in [-0.3, -0.25) is 4.79 Å². The van der Waals surface area contributed by atoms with Crippen LogP contribution < -0.4 is 20.1 Å². The number of rotatable bonds is 6. The lowest BCUT2D eigenvalue weighted by atomic mass is 10.2. The summed E-state index contributed by atoms with van der Waals surface area (Å²) in [5.74, 6) is 2.45. The smallest absolute Gasteiger partial charge is 0.224 e. The standard InChI is InChI=1S/C19H28N4O3/c1-2-20-19(21-10-9-18(24)23-11-5-6-12-23)22-13-15-14-25-16-7-3-4-8-17(16)26-15/h3-4,7-8,15H,2,5-6,9-14H2,1H3,(H2,20,21,22). The lowest BCUT2D eigenvalue weighted by molar-refractivity contribution is -0.129. The molecule has 0 saturated carbocycles. The molecule has 1 aromatic rings. The van der Waals surface area contributed by atoms with Crippen LogP contribution in [0.2, 0.25) is 0 Å². The van der Waals surface area contributed by atoms with Crippen LogP contribution in [0.4, 0.5) is 0 Å². The van der Waals surface area contributed by atoms with Gasteiger partial charge < -0.3 is 25.0 Å². The number of hydrogen-bond acceptors (Lipinski definition) is 4. The summed E-state index contributed by atoms with van der Waals surface area (Å²) in [5, 5.41) is 6.43. The van der Waals surface area contributed by atoms with Crippen LogP contribution in [0.25, 0.3) is 0 Å². The van der Waals surface area contributed by atoms with Crippen molar-refractivity contribution in [2.24, 2.45) is 4.99 Å². The number of para-hydroxylation sites is 2. The number of benzene rings is 1. The van der Waals surface area contributed by atoms with Crippen molar-refractivity contribution in [1.82, 2.24) is 15.5 Å². The molecule has 1 fully saturated rings. The van der Waals surface area contributed by atoms with Gasteiger partial charge in [0.2, 0.25) is 5.91 Å². The maximum absolute atomic E-state index is 12.1. The number of carbonyl (C=O) groups excluding carboxylic acids is 1. The minimum absolute atomic E-state index is 0.119. The number of carbonyl (C=O) groups is 1. The molecule has 2 N–H and O–H groups in total. The van der Waals surface area contributed by atoms with Gasteiger partial charge in [-0.2, -0.15) is 0 Å². The maximum atomic E-state index is 12.1. The normalized spacial score (nSPS) is 19.3. The molecule has 2 aliphatic heterocycles. The molecule has 0 aliphatic carbocycles. The summed E-state index contributed by atoms with van der Waals surface area (Å²) in [7, 11) is 0. The first-order valence-electron chi connectivity index (χ1n) is 9.44. The van der Waals surface area contributed by atoms with E-state index in [1.165, 1.54) is 0 Å². The highest BCUT2D eigenvalue weighted by atomic mass is 16.6. The topological polar surface area (TPSA) is 75.2 Å². The molecule has 0 radical (unpaired) electrons. The Morgan fingerprint density at radius 2 is 2.00 bits per heavy atom. The Hall–Kier alpha value is -2.44. The molecular formula is C19H28N4O3. The quantitative estimate of drug-likeness (QED) is 0.592. The average Bonchev–Trinajstić information content (AvgIpc) is 3.21. The summed E-state index contributed by atoms with van der Waals surface area (Å²) >= 11 is 0. The summed E-state index contributed by atoms with van der Waals surface area (Å²) in [4.78, 5) is 18.6.